The Balaban J connectivity index is 2.31. The lowest BCUT2D eigenvalue weighted by atomic mass is 10.2. The fourth-order valence-corrected chi connectivity index (χ4v) is 1.74. The average Bonchev–Trinajstić information content (AvgIpc) is 2.52. The van der Waals surface area contributed by atoms with Gasteiger partial charge in [0.2, 0.25) is 0 Å². The fraction of sp³-hybridized carbons (Fsp3) is 0.875. The molecule has 0 aromatic carbocycles. The van der Waals surface area contributed by atoms with E-state index in [1.807, 2.05) is 6.26 Å². The summed E-state index contributed by atoms with van der Waals surface area (Å²) in [6, 6.07) is 0. The third-order valence-electron chi connectivity index (χ3n) is 1.84. The average molecular weight is 190 g/mol. The quantitative estimate of drug-likeness (QED) is 0.624. The molecule has 0 bridgehead atoms. The highest BCUT2D eigenvalue weighted by atomic mass is 32.2. The topological polar surface area (TPSA) is 35.5 Å². The van der Waals surface area contributed by atoms with Crippen LogP contribution in [-0.2, 0) is 14.3 Å². The Morgan fingerprint density at radius 1 is 1.75 bits per heavy atom. The molecule has 0 aromatic rings. The summed E-state index contributed by atoms with van der Waals surface area (Å²) in [5.74, 6) is -0.214. The molecule has 0 spiro atoms. The van der Waals surface area contributed by atoms with Crippen LogP contribution in [0.3, 0.4) is 0 Å². The molecule has 1 rings (SSSR count). The maximum atomic E-state index is 11.2. The highest BCUT2D eigenvalue weighted by molar-refractivity contribution is 7.99. The number of rotatable bonds is 3. The Hall–Kier alpha value is -0.220. The van der Waals surface area contributed by atoms with E-state index in [9.17, 15) is 4.79 Å². The Morgan fingerprint density at radius 3 is 3.00 bits per heavy atom. The first-order valence-corrected chi connectivity index (χ1v) is 5.37. The fourth-order valence-electron chi connectivity index (χ4n) is 1.16. The van der Waals surface area contributed by atoms with Crippen LogP contribution in [0.25, 0.3) is 0 Å². The Labute approximate surface area is 76.8 Å². The van der Waals surface area contributed by atoms with E-state index in [-0.39, 0.29) is 12.1 Å². The molecule has 1 saturated heterocycles. The summed E-state index contributed by atoms with van der Waals surface area (Å²) in [7, 11) is 0. The van der Waals surface area contributed by atoms with Crippen LogP contribution < -0.4 is 0 Å². The normalized spacial score (nSPS) is 28.8. The van der Waals surface area contributed by atoms with Crippen LogP contribution in [0.1, 0.15) is 13.3 Å². The molecular formula is C8H14O3S. The van der Waals surface area contributed by atoms with Crippen molar-refractivity contribution in [3.8, 4) is 0 Å². The molecule has 1 heterocycles. The SMILES string of the molecule is CCOC(=O)[C@@H]1C[C@@H](SC)CO1. The summed E-state index contributed by atoms with van der Waals surface area (Å²) >= 11 is 1.74. The first kappa shape index (κ1) is 9.86. The van der Waals surface area contributed by atoms with E-state index >= 15 is 0 Å². The minimum atomic E-state index is -0.317. The predicted octanol–water partition coefficient (Wildman–Crippen LogP) is 1.07. The van der Waals surface area contributed by atoms with Gasteiger partial charge in [0, 0.05) is 5.25 Å². The van der Waals surface area contributed by atoms with E-state index in [1.165, 1.54) is 0 Å². The van der Waals surface area contributed by atoms with Gasteiger partial charge in [-0.05, 0) is 19.6 Å². The summed E-state index contributed by atoms with van der Waals surface area (Å²) in [5, 5.41) is 0.458. The molecule has 12 heavy (non-hydrogen) atoms. The van der Waals surface area contributed by atoms with Gasteiger partial charge >= 0.3 is 5.97 Å². The number of hydrogen-bond donors (Lipinski definition) is 0. The molecule has 0 radical (unpaired) electrons. The zero-order valence-corrected chi connectivity index (χ0v) is 8.23. The van der Waals surface area contributed by atoms with Crippen LogP contribution in [0.4, 0.5) is 0 Å². The molecule has 1 aliphatic heterocycles. The zero-order chi connectivity index (χ0) is 8.97. The van der Waals surface area contributed by atoms with E-state index in [0.29, 0.717) is 18.5 Å². The van der Waals surface area contributed by atoms with Crippen LogP contribution in [0.2, 0.25) is 0 Å². The van der Waals surface area contributed by atoms with Gasteiger partial charge in [0.25, 0.3) is 0 Å². The van der Waals surface area contributed by atoms with Crippen molar-refractivity contribution in [1.82, 2.24) is 0 Å². The standard InChI is InChI=1S/C8H14O3S/c1-3-10-8(9)7-4-6(12-2)5-11-7/h6-7H,3-5H2,1-2H3/t6-,7+/m1/s1. The Kier molecular flexibility index (Phi) is 3.88. The van der Waals surface area contributed by atoms with E-state index in [4.69, 9.17) is 9.47 Å². The van der Waals surface area contributed by atoms with Crippen LogP contribution in [0.5, 0.6) is 0 Å². The van der Waals surface area contributed by atoms with E-state index < -0.39 is 0 Å². The van der Waals surface area contributed by atoms with Gasteiger partial charge < -0.3 is 9.47 Å². The van der Waals surface area contributed by atoms with Gasteiger partial charge in [-0.2, -0.15) is 11.8 Å². The summed E-state index contributed by atoms with van der Waals surface area (Å²) in [5.41, 5.74) is 0. The third-order valence-corrected chi connectivity index (χ3v) is 2.84. The molecule has 70 valence electrons. The first-order valence-electron chi connectivity index (χ1n) is 4.09. The molecule has 0 aromatic heterocycles. The lowest BCUT2D eigenvalue weighted by Crippen LogP contribution is -2.22. The summed E-state index contributed by atoms with van der Waals surface area (Å²) in [6.07, 6.45) is 2.50. The van der Waals surface area contributed by atoms with Gasteiger partial charge in [-0.1, -0.05) is 0 Å². The Bertz CT molecular complexity index is 160. The van der Waals surface area contributed by atoms with Gasteiger partial charge in [0.05, 0.1) is 13.2 Å². The van der Waals surface area contributed by atoms with Crippen molar-refractivity contribution in [2.24, 2.45) is 0 Å². The van der Waals surface area contributed by atoms with Gasteiger partial charge in [-0.3, -0.25) is 0 Å². The monoisotopic (exact) mass is 190 g/mol. The molecule has 0 amide bonds. The first-order chi connectivity index (χ1) is 5.77. The molecule has 2 atom stereocenters. The highest BCUT2D eigenvalue weighted by Crippen LogP contribution is 2.23. The van der Waals surface area contributed by atoms with Gasteiger partial charge in [-0.15, -0.1) is 0 Å². The lowest BCUT2D eigenvalue weighted by Gasteiger charge is -2.07. The largest absolute Gasteiger partial charge is 0.464 e. The minimum absolute atomic E-state index is 0.214. The van der Waals surface area contributed by atoms with E-state index in [0.717, 1.165) is 6.42 Å². The van der Waals surface area contributed by atoms with Crippen LogP contribution in [0, 0.1) is 0 Å². The molecule has 1 aliphatic rings. The molecule has 0 unspecified atom stereocenters. The highest BCUT2D eigenvalue weighted by Gasteiger charge is 2.31. The van der Waals surface area contributed by atoms with Crippen molar-refractivity contribution in [3.05, 3.63) is 0 Å². The van der Waals surface area contributed by atoms with Crippen LogP contribution in [-0.4, -0.2) is 36.8 Å². The van der Waals surface area contributed by atoms with Crippen molar-refractivity contribution in [2.45, 2.75) is 24.7 Å². The number of carbonyl (C=O) groups is 1. The van der Waals surface area contributed by atoms with E-state index in [2.05, 4.69) is 0 Å². The molecule has 0 aliphatic carbocycles. The number of hydrogen-bond acceptors (Lipinski definition) is 4. The molecule has 0 N–H and O–H groups in total. The van der Waals surface area contributed by atoms with E-state index in [1.54, 1.807) is 18.7 Å². The lowest BCUT2D eigenvalue weighted by molar-refractivity contribution is -0.153. The second-order valence-electron chi connectivity index (χ2n) is 2.67. The molecule has 0 saturated carbocycles. The second kappa shape index (κ2) is 4.72. The maximum absolute atomic E-state index is 11.2. The maximum Gasteiger partial charge on any atom is 0.335 e. The number of carbonyl (C=O) groups excluding carboxylic acids is 1. The minimum Gasteiger partial charge on any atom is -0.464 e. The number of thioether (sulfide) groups is 1. The van der Waals surface area contributed by atoms with Crippen molar-refractivity contribution in [2.75, 3.05) is 19.5 Å². The van der Waals surface area contributed by atoms with Crippen molar-refractivity contribution in [1.29, 1.82) is 0 Å². The number of ether oxygens (including phenoxy) is 2. The Morgan fingerprint density at radius 2 is 2.50 bits per heavy atom. The number of esters is 1. The van der Waals surface area contributed by atoms with Crippen molar-refractivity contribution < 1.29 is 14.3 Å². The summed E-state index contributed by atoms with van der Waals surface area (Å²) < 4.78 is 10.1. The molecule has 3 nitrogen and oxygen atoms in total. The summed E-state index contributed by atoms with van der Waals surface area (Å²) in [6.45, 7) is 2.91. The molecule has 4 heteroatoms. The second-order valence-corrected chi connectivity index (χ2v) is 3.81. The van der Waals surface area contributed by atoms with Gasteiger partial charge in [0.1, 0.15) is 0 Å². The van der Waals surface area contributed by atoms with Crippen molar-refractivity contribution in [3.63, 3.8) is 0 Å². The van der Waals surface area contributed by atoms with Crippen molar-refractivity contribution >= 4 is 17.7 Å². The van der Waals surface area contributed by atoms with Gasteiger partial charge in [0.15, 0.2) is 6.10 Å². The third kappa shape index (κ3) is 2.38. The predicted molar refractivity (Wildman–Crippen MR) is 48.3 cm³/mol. The molecule has 1 fully saturated rings. The smallest absolute Gasteiger partial charge is 0.335 e. The van der Waals surface area contributed by atoms with Gasteiger partial charge in [-0.25, -0.2) is 4.79 Å². The zero-order valence-electron chi connectivity index (χ0n) is 7.41. The van der Waals surface area contributed by atoms with Crippen LogP contribution in [0.15, 0.2) is 0 Å². The molecular weight excluding hydrogens is 176 g/mol. The van der Waals surface area contributed by atoms with Crippen LogP contribution >= 0.6 is 11.8 Å². The summed E-state index contributed by atoms with van der Waals surface area (Å²) in [4.78, 5) is 11.2.